The quantitative estimate of drug-likeness (QED) is 0.799. The van der Waals surface area contributed by atoms with Gasteiger partial charge < -0.3 is 15.0 Å². The maximum Gasteiger partial charge on any atom is 0.246 e. The molecule has 0 saturated carbocycles. The molecule has 0 aliphatic heterocycles. The van der Waals surface area contributed by atoms with Crippen molar-refractivity contribution in [2.45, 2.75) is 52.2 Å². The smallest absolute Gasteiger partial charge is 0.246 e. The first-order valence-electron chi connectivity index (χ1n) is 8.63. The fourth-order valence-electron chi connectivity index (χ4n) is 3.17. The summed E-state index contributed by atoms with van der Waals surface area (Å²) in [5.74, 6) is 0.663. The number of imidazole rings is 1. The lowest BCUT2D eigenvalue weighted by Crippen LogP contribution is -2.36. The number of amides is 1. The van der Waals surface area contributed by atoms with E-state index < -0.39 is 0 Å². The van der Waals surface area contributed by atoms with Gasteiger partial charge in [-0.15, -0.1) is 0 Å². The first-order chi connectivity index (χ1) is 11.6. The summed E-state index contributed by atoms with van der Waals surface area (Å²) in [6.07, 6.45) is 6.93. The maximum atomic E-state index is 12.0. The molecule has 0 fully saturated rings. The number of hydrogen-bond donors (Lipinski definition) is 2. The fourth-order valence-corrected chi connectivity index (χ4v) is 3.17. The zero-order chi connectivity index (χ0) is 16.9. The monoisotopic (exact) mass is 327 g/mol. The Morgan fingerprint density at radius 1 is 1.42 bits per heavy atom. The second-order valence-electron chi connectivity index (χ2n) is 6.46. The van der Waals surface area contributed by atoms with Gasteiger partial charge in [0, 0.05) is 6.04 Å². The van der Waals surface area contributed by atoms with E-state index in [1.807, 2.05) is 32.0 Å². The molecule has 0 unspecified atom stereocenters. The average molecular weight is 327 g/mol. The Morgan fingerprint density at radius 3 is 3.04 bits per heavy atom. The number of carbonyl (C=O) groups is 1. The number of carbonyl (C=O) groups excluding carboxylic acids is 1. The van der Waals surface area contributed by atoms with Gasteiger partial charge in [-0.05, 0) is 51.2 Å². The van der Waals surface area contributed by atoms with Crippen molar-refractivity contribution in [2.24, 2.45) is 0 Å². The van der Waals surface area contributed by atoms with Crippen molar-refractivity contribution in [3.05, 3.63) is 41.2 Å². The lowest BCUT2D eigenvalue weighted by molar-refractivity contribution is -0.126. The van der Waals surface area contributed by atoms with E-state index >= 15 is 0 Å². The molecule has 24 heavy (non-hydrogen) atoms. The van der Waals surface area contributed by atoms with Gasteiger partial charge in [-0.25, -0.2) is 4.98 Å². The van der Waals surface area contributed by atoms with E-state index in [1.54, 1.807) is 0 Å². The second kappa shape index (κ2) is 7.62. The van der Waals surface area contributed by atoms with Crippen molar-refractivity contribution < 1.29 is 9.53 Å². The fraction of sp³-hybridized carbons (Fsp3) is 0.474. The average Bonchev–Trinajstić information content (AvgIpc) is 3.00. The van der Waals surface area contributed by atoms with Gasteiger partial charge in [-0.3, -0.25) is 4.79 Å². The number of allylic oxidation sites excluding steroid dienone is 1. The first kappa shape index (κ1) is 16.7. The highest BCUT2D eigenvalue weighted by Crippen LogP contribution is 2.20. The van der Waals surface area contributed by atoms with E-state index in [2.05, 4.69) is 21.4 Å². The van der Waals surface area contributed by atoms with Gasteiger partial charge in [0.1, 0.15) is 19.0 Å². The van der Waals surface area contributed by atoms with Crippen LogP contribution in [0.3, 0.4) is 0 Å². The van der Waals surface area contributed by atoms with Crippen LogP contribution in [0.4, 0.5) is 0 Å². The van der Waals surface area contributed by atoms with Gasteiger partial charge in [0.15, 0.2) is 0 Å². The highest BCUT2D eigenvalue weighted by atomic mass is 16.5. The minimum atomic E-state index is -0.0822. The molecule has 5 nitrogen and oxygen atoms in total. The number of nitrogens with one attached hydrogen (secondary N) is 2. The number of hydrogen-bond acceptors (Lipinski definition) is 3. The highest BCUT2D eigenvalue weighted by Gasteiger charge is 2.14. The minimum absolute atomic E-state index is 0.0493. The normalized spacial score (nSPS) is 16.0. The van der Waals surface area contributed by atoms with Gasteiger partial charge in [0.2, 0.25) is 5.91 Å². The number of benzene rings is 1. The van der Waals surface area contributed by atoms with Crippen LogP contribution >= 0.6 is 0 Å². The number of aromatic amines is 1. The molecule has 0 bridgehead atoms. The van der Waals surface area contributed by atoms with E-state index in [4.69, 9.17) is 4.74 Å². The molecule has 2 N–H and O–H groups in total. The molecule has 2 aromatic rings. The van der Waals surface area contributed by atoms with E-state index in [9.17, 15) is 4.79 Å². The Hall–Kier alpha value is -2.14. The molecule has 0 radical (unpaired) electrons. The number of H-pyrrole nitrogens is 1. The number of ether oxygens (including phenoxy) is 1. The molecular formula is C19H25N3O2. The molecule has 5 heteroatoms. The third-order valence-electron chi connectivity index (χ3n) is 4.50. The molecule has 1 aromatic heterocycles. The Labute approximate surface area is 142 Å². The summed E-state index contributed by atoms with van der Waals surface area (Å²) in [5.41, 5.74) is 4.42. The van der Waals surface area contributed by atoms with Crippen LogP contribution in [0.1, 0.15) is 44.0 Å². The maximum absolute atomic E-state index is 12.0. The standard InChI is InChI=1S/C19H25N3O2/c1-13-7-6-10-16-19(13)22-17(21-16)11-24-12-18(23)20-14(2)15-8-4-3-5-9-15/h6-8,10,14H,3-5,9,11-12H2,1-2H3,(H,20,23)(H,21,22)/t14-/m0/s1. The summed E-state index contributed by atoms with van der Waals surface area (Å²) < 4.78 is 5.51. The number of fused-ring (bicyclic) bond motifs is 1. The number of aromatic nitrogens is 2. The van der Waals surface area contributed by atoms with E-state index in [0.29, 0.717) is 6.61 Å². The van der Waals surface area contributed by atoms with E-state index in [-0.39, 0.29) is 18.6 Å². The van der Waals surface area contributed by atoms with Crippen LogP contribution in [0.25, 0.3) is 11.0 Å². The summed E-state index contributed by atoms with van der Waals surface area (Å²) >= 11 is 0. The number of rotatable bonds is 6. The SMILES string of the molecule is Cc1cccc2[nH]c(COCC(=O)N[C@@H](C)C3=CCCCC3)nc12. The number of nitrogens with zero attached hydrogens (tertiary/aromatic N) is 1. The zero-order valence-corrected chi connectivity index (χ0v) is 14.4. The van der Waals surface area contributed by atoms with Crippen LogP contribution in [0.5, 0.6) is 0 Å². The van der Waals surface area contributed by atoms with Crippen LogP contribution < -0.4 is 5.32 Å². The summed E-state index contributed by atoms with van der Waals surface area (Å²) in [5, 5.41) is 3.01. The second-order valence-corrected chi connectivity index (χ2v) is 6.46. The summed E-state index contributed by atoms with van der Waals surface area (Å²) in [7, 11) is 0. The molecule has 1 aliphatic rings. The van der Waals surface area contributed by atoms with Gasteiger partial charge in [0.05, 0.1) is 11.0 Å². The molecule has 3 rings (SSSR count). The van der Waals surface area contributed by atoms with Gasteiger partial charge in [-0.1, -0.05) is 23.8 Å². The molecule has 0 spiro atoms. The Morgan fingerprint density at radius 2 is 2.29 bits per heavy atom. The molecule has 1 heterocycles. The van der Waals surface area contributed by atoms with Crippen molar-refractivity contribution in [1.29, 1.82) is 0 Å². The van der Waals surface area contributed by atoms with Gasteiger partial charge in [-0.2, -0.15) is 0 Å². The van der Waals surface area contributed by atoms with Crippen LogP contribution in [0.2, 0.25) is 0 Å². The lowest BCUT2D eigenvalue weighted by Gasteiger charge is -2.20. The van der Waals surface area contributed by atoms with Crippen molar-refractivity contribution in [1.82, 2.24) is 15.3 Å². The van der Waals surface area contributed by atoms with Gasteiger partial charge >= 0.3 is 0 Å². The molecule has 0 saturated heterocycles. The van der Waals surface area contributed by atoms with Crippen LogP contribution in [0, 0.1) is 6.92 Å². The van der Waals surface area contributed by atoms with Crippen LogP contribution in [-0.4, -0.2) is 28.5 Å². The van der Waals surface area contributed by atoms with Crippen molar-refractivity contribution >= 4 is 16.9 Å². The summed E-state index contributed by atoms with van der Waals surface area (Å²) in [4.78, 5) is 19.8. The van der Waals surface area contributed by atoms with E-state index in [1.165, 1.54) is 18.4 Å². The largest absolute Gasteiger partial charge is 0.364 e. The first-order valence-corrected chi connectivity index (χ1v) is 8.63. The summed E-state index contributed by atoms with van der Waals surface area (Å²) in [6.45, 7) is 4.42. The molecule has 128 valence electrons. The van der Waals surface area contributed by atoms with Crippen molar-refractivity contribution in [3.8, 4) is 0 Å². The Bertz CT molecular complexity index is 748. The zero-order valence-electron chi connectivity index (χ0n) is 14.4. The van der Waals surface area contributed by atoms with E-state index in [0.717, 1.165) is 35.3 Å². The highest BCUT2D eigenvalue weighted by molar-refractivity contribution is 5.79. The number of aryl methyl sites for hydroxylation is 1. The molecular weight excluding hydrogens is 302 g/mol. The van der Waals surface area contributed by atoms with Crippen LogP contribution in [-0.2, 0) is 16.1 Å². The predicted octanol–water partition coefficient (Wildman–Crippen LogP) is 3.39. The van der Waals surface area contributed by atoms with Crippen LogP contribution in [0.15, 0.2) is 29.8 Å². The summed E-state index contributed by atoms with van der Waals surface area (Å²) in [6, 6.07) is 6.11. The molecule has 1 aromatic carbocycles. The topological polar surface area (TPSA) is 67.0 Å². The lowest BCUT2D eigenvalue weighted by atomic mass is 9.95. The number of para-hydroxylation sites is 1. The minimum Gasteiger partial charge on any atom is -0.364 e. The van der Waals surface area contributed by atoms with Crippen molar-refractivity contribution in [3.63, 3.8) is 0 Å². The predicted molar refractivity (Wildman–Crippen MR) is 94.6 cm³/mol. The molecule has 1 amide bonds. The third kappa shape index (κ3) is 4.03. The molecule has 1 atom stereocenters. The molecule has 1 aliphatic carbocycles. The third-order valence-corrected chi connectivity index (χ3v) is 4.50. The van der Waals surface area contributed by atoms with Crippen molar-refractivity contribution in [2.75, 3.05) is 6.61 Å². The Kier molecular flexibility index (Phi) is 5.30. The van der Waals surface area contributed by atoms with Gasteiger partial charge in [0.25, 0.3) is 0 Å². The Balaban J connectivity index is 1.47.